The standard InChI is InChI=1S/C29H37N3O5/c1-6-37-29(34)25-9-7-8-14-31(25)18-28(33)32-26(22-13-12-21(35-4)16-27(22)36-5)17-24(30-32)23-15-19(2)10-11-20(23)3/h10-13,15-16,25-26H,6-9,14,17-18H2,1-5H3/t25-,26-/m1/s1. The number of hydrogen-bond donors (Lipinski definition) is 0. The number of carbonyl (C=O) groups excluding carboxylic acids is 2. The number of carbonyl (C=O) groups is 2. The highest BCUT2D eigenvalue weighted by molar-refractivity contribution is 6.04. The van der Waals surface area contributed by atoms with Crippen LogP contribution in [0.4, 0.5) is 0 Å². The molecule has 0 unspecified atom stereocenters. The SMILES string of the molecule is CCOC(=O)[C@H]1CCCCN1CC(=O)N1N=C(c2cc(C)ccc2C)C[C@@H]1c1ccc(OC)cc1OC. The molecule has 0 aromatic heterocycles. The first-order valence-corrected chi connectivity index (χ1v) is 13.0. The van der Waals surface area contributed by atoms with E-state index in [1.54, 1.807) is 26.2 Å². The lowest BCUT2D eigenvalue weighted by atomic mass is 9.94. The topological polar surface area (TPSA) is 80.7 Å². The Kier molecular flexibility index (Phi) is 8.48. The minimum Gasteiger partial charge on any atom is -0.497 e. The number of hydrogen-bond acceptors (Lipinski definition) is 7. The average Bonchev–Trinajstić information content (AvgIpc) is 3.35. The van der Waals surface area contributed by atoms with Crippen LogP contribution >= 0.6 is 0 Å². The van der Waals surface area contributed by atoms with Gasteiger partial charge in [-0.1, -0.05) is 24.1 Å². The van der Waals surface area contributed by atoms with Crippen LogP contribution in [-0.4, -0.2) is 67.5 Å². The number of hydrazone groups is 1. The fraction of sp³-hybridized carbons (Fsp3) is 0.483. The normalized spacial score (nSPS) is 19.9. The van der Waals surface area contributed by atoms with Gasteiger partial charge in [-0.05, 0) is 63.9 Å². The van der Waals surface area contributed by atoms with Crippen molar-refractivity contribution >= 4 is 17.6 Å². The zero-order chi connectivity index (χ0) is 26.5. The molecule has 2 aliphatic heterocycles. The van der Waals surface area contributed by atoms with Gasteiger partial charge in [0.2, 0.25) is 0 Å². The summed E-state index contributed by atoms with van der Waals surface area (Å²) in [7, 11) is 3.23. The second-order valence-corrected chi connectivity index (χ2v) is 9.67. The molecule has 0 bridgehead atoms. The summed E-state index contributed by atoms with van der Waals surface area (Å²) >= 11 is 0. The van der Waals surface area contributed by atoms with Gasteiger partial charge < -0.3 is 14.2 Å². The summed E-state index contributed by atoms with van der Waals surface area (Å²) in [5, 5.41) is 6.46. The lowest BCUT2D eigenvalue weighted by Gasteiger charge is -2.34. The third-order valence-corrected chi connectivity index (χ3v) is 7.18. The van der Waals surface area contributed by atoms with Crippen LogP contribution in [0.25, 0.3) is 0 Å². The highest BCUT2D eigenvalue weighted by atomic mass is 16.5. The van der Waals surface area contributed by atoms with Gasteiger partial charge in [0.25, 0.3) is 5.91 Å². The minimum absolute atomic E-state index is 0.0992. The van der Waals surface area contributed by atoms with Gasteiger partial charge in [0, 0.05) is 23.6 Å². The van der Waals surface area contributed by atoms with Gasteiger partial charge in [0.1, 0.15) is 17.5 Å². The number of ether oxygens (including phenoxy) is 3. The lowest BCUT2D eigenvalue weighted by molar-refractivity contribution is -0.152. The smallest absolute Gasteiger partial charge is 0.323 e. The number of methoxy groups -OCH3 is 2. The Morgan fingerprint density at radius 3 is 2.59 bits per heavy atom. The minimum atomic E-state index is -0.406. The summed E-state index contributed by atoms with van der Waals surface area (Å²) in [6.07, 6.45) is 3.13. The molecular formula is C29H37N3O5. The van der Waals surface area contributed by atoms with Crippen molar-refractivity contribution in [2.45, 2.75) is 58.5 Å². The Hall–Kier alpha value is -3.39. The summed E-state index contributed by atoms with van der Waals surface area (Å²) in [4.78, 5) is 28.4. The van der Waals surface area contributed by atoms with Gasteiger partial charge in [-0.15, -0.1) is 0 Å². The van der Waals surface area contributed by atoms with Gasteiger partial charge in [-0.25, -0.2) is 5.01 Å². The number of aryl methyl sites for hydroxylation is 2. The molecule has 1 fully saturated rings. The second-order valence-electron chi connectivity index (χ2n) is 9.67. The molecule has 2 atom stereocenters. The van der Waals surface area contributed by atoms with Crippen LogP contribution < -0.4 is 9.47 Å². The fourth-order valence-corrected chi connectivity index (χ4v) is 5.22. The number of benzene rings is 2. The van der Waals surface area contributed by atoms with Crippen LogP contribution in [0.2, 0.25) is 0 Å². The molecule has 4 rings (SSSR count). The molecule has 198 valence electrons. The highest BCUT2D eigenvalue weighted by Gasteiger charge is 2.38. The van der Waals surface area contributed by atoms with Crippen LogP contribution in [-0.2, 0) is 14.3 Å². The number of amides is 1. The van der Waals surface area contributed by atoms with E-state index >= 15 is 0 Å². The molecule has 8 nitrogen and oxygen atoms in total. The summed E-state index contributed by atoms with van der Waals surface area (Å²) in [5.41, 5.74) is 5.00. The number of piperidine rings is 1. The fourth-order valence-electron chi connectivity index (χ4n) is 5.22. The maximum absolute atomic E-state index is 13.8. The number of rotatable bonds is 8. The zero-order valence-electron chi connectivity index (χ0n) is 22.5. The first kappa shape index (κ1) is 26.7. The van der Waals surface area contributed by atoms with E-state index in [1.165, 1.54) is 0 Å². The van der Waals surface area contributed by atoms with Gasteiger partial charge in [-0.2, -0.15) is 5.10 Å². The molecule has 2 aromatic rings. The maximum atomic E-state index is 13.8. The second kappa shape index (κ2) is 11.8. The Morgan fingerprint density at radius 1 is 1.05 bits per heavy atom. The third-order valence-electron chi connectivity index (χ3n) is 7.18. The molecule has 0 N–H and O–H groups in total. The molecule has 0 saturated carbocycles. The summed E-state index contributed by atoms with van der Waals surface area (Å²) < 4.78 is 16.4. The quantitative estimate of drug-likeness (QED) is 0.492. The molecule has 2 aromatic carbocycles. The summed E-state index contributed by atoms with van der Waals surface area (Å²) in [5.74, 6) is 0.906. The van der Waals surface area contributed by atoms with Crippen molar-refractivity contribution in [2.75, 3.05) is 33.9 Å². The van der Waals surface area contributed by atoms with E-state index in [0.29, 0.717) is 37.5 Å². The van der Waals surface area contributed by atoms with E-state index in [4.69, 9.17) is 19.3 Å². The molecule has 2 heterocycles. The van der Waals surface area contributed by atoms with Crippen molar-refractivity contribution in [1.82, 2.24) is 9.91 Å². The molecule has 37 heavy (non-hydrogen) atoms. The van der Waals surface area contributed by atoms with Crippen LogP contribution in [0, 0.1) is 13.8 Å². The molecule has 2 aliphatic rings. The average molecular weight is 508 g/mol. The van der Waals surface area contributed by atoms with Crippen molar-refractivity contribution in [1.29, 1.82) is 0 Å². The predicted molar refractivity (Wildman–Crippen MR) is 142 cm³/mol. The molecule has 8 heteroatoms. The van der Waals surface area contributed by atoms with E-state index in [9.17, 15) is 9.59 Å². The van der Waals surface area contributed by atoms with E-state index in [2.05, 4.69) is 32.0 Å². The van der Waals surface area contributed by atoms with Gasteiger partial charge in [0.15, 0.2) is 0 Å². The molecule has 1 amide bonds. The predicted octanol–water partition coefficient (Wildman–Crippen LogP) is 4.42. The van der Waals surface area contributed by atoms with E-state index < -0.39 is 6.04 Å². The van der Waals surface area contributed by atoms with Crippen LogP contribution in [0.1, 0.15) is 60.9 Å². The third kappa shape index (κ3) is 5.80. The molecule has 0 spiro atoms. The Morgan fingerprint density at radius 2 is 1.86 bits per heavy atom. The van der Waals surface area contributed by atoms with Crippen molar-refractivity contribution in [3.05, 3.63) is 58.7 Å². The largest absolute Gasteiger partial charge is 0.497 e. The lowest BCUT2D eigenvalue weighted by Crippen LogP contribution is -2.49. The van der Waals surface area contributed by atoms with Crippen molar-refractivity contribution in [2.24, 2.45) is 5.10 Å². The van der Waals surface area contributed by atoms with Crippen molar-refractivity contribution < 1.29 is 23.8 Å². The number of esters is 1. The van der Waals surface area contributed by atoms with Gasteiger partial charge in [-0.3, -0.25) is 14.5 Å². The first-order chi connectivity index (χ1) is 17.9. The zero-order valence-corrected chi connectivity index (χ0v) is 22.5. The molecule has 1 saturated heterocycles. The van der Waals surface area contributed by atoms with Gasteiger partial charge >= 0.3 is 5.97 Å². The Labute approximate surface area is 219 Å². The van der Waals surface area contributed by atoms with E-state index in [0.717, 1.165) is 40.8 Å². The number of nitrogens with zero attached hydrogens (tertiary/aromatic N) is 3. The Bertz CT molecular complexity index is 1180. The first-order valence-electron chi connectivity index (χ1n) is 13.0. The van der Waals surface area contributed by atoms with Crippen molar-refractivity contribution in [3.63, 3.8) is 0 Å². The summed E-state index contributed by atoms with van der Waals surface area (Å²) in [6.45, 7) is 7.01. The molecular weight excluding hydrogens is 470 g/mol. The maximum Gasteiger partial charge on any atom is 0.323 e. The number of likely N-dealkylation sites (tertiary alicyclic amines) is 1. The van der Waals surface area contributed by atoms with E-state index in [-0.39, 0.29) is 24.5 Å². The van der Waals surface area contributed by atoms with Crippen LogP contribution in [0.15, 0.2) is 41.5 Å². The molecule has 0 radical (unpaired) electrons. The van der Waals surface area contributed by atoms with E-state index in [1.807, 2.05) is 23.1 Å². The van der Waals surface area contributed by atoms with Crippen LogP contribution in [0.5, 0.6) is 11.5 Å². The Balaban J connectivity index is 1.68. The van der Waals surface area contributed by atoms with Crippen LogP contribution in [0.3, 0.4) is 0 Å². The van der Waals surface area contributed by atoms with Gasteiger partial charge in [0.05, 0.1) is 39.1 Å². The van der Waals surface area contributed by atoms with Crippen molar-refractivity contribution in [3.8, 4) is 11.5 Å². The monoisotopic (exact) mass is 507 g/mol. The highest BCUT2D eigenvalue weighted by Crippen LogP contribution is 2.39. The summed E-state index contributed by atoms with van der Waals surface area (Å²) in [6, 6.07) is 11.2. The molecule has 0 aliphatic carbocycles.